The molecule has 2 aromatic carbocycles. The SMILES string of the molecule is CC[C@@H]1CCc2cc(OCCc3nc(-c4ccc(F)cc4)sc3C)ccc21. The van der Waals surface area contributed by atoms with Crippen LogP contribution in [-0.4, -0.2) is 11.6 Å². The molecule has 140 valence electrons. The molecule has 0 amide bonds. The first-order chi connectivity index (χ1) is 13.1. The summed E-state index contributed by atoms with van der Waals surface area (Å²) in [5.74, 6) is 1.45. The average molecular weight is 382 g/mol. The van der Waals surface area contributed by atoms with Gasteiger partial charge in [0.2, 0.25) is 0 Å². The number of nitrogens with zero attached hydrogens (tertiary/aromatic N) is 1. The lowest BCUT2D eigenvalue weighted by Gasteiger charge is -2.10. The molecule has 3 aromatic rings. The lowest BCUT2D eigenvalue weighted by Crippen LogP contribution is -2.03. The Hall–Kier alpha value is -2.20. The van der Waals surface area contributed by atoms with E-state index in [0.29, 0.717) is 6.61 Å². The Labute approximate surface area is 164 Å². The quantitative estimate of drug-likeness (QED) is 0.498. The van der Waals surface area contributed by atoms with Crippen molar-refractivity contribution in [3.63, 3.8) is 0 Å². The van der Waals surface area contributed by atoms with Crippen LogP contribution in [0, 0.1) is 12.7 Å². The van der Waals surface area contributed by atoms with Gasteiger partial charge in [0.25, 0.3) is 0 Å². The van der Waals surface area contributed by atoms with E-state index in [1.54, 1.807) is 23.5 Å². The molecule has 0 saturated heterocycles. The van der Waals surface area contributed by atoms with Crippen LogP contribution in [-0.2, 0) is 12.8 Å². The van der Waals surface area contributed by atoms with E-state index >= 15 is 0 Å². The summed E-state index contributed by atoms with van der Waals surface area (Å²) in [6.07, 6.45) is 4.42. The summed E-state index contributed by atoms with van der Waals surface area (Å²) in [5.41, 5.74) is 4.97. The first kappa shape index (κ1) is 18.2. The van der Waals surface area contributed by atoms with Crippen molar-refractivity contribution in [1.29, 1.82) is 0 Å². The lowest BCUT2D eigenvalue weighted by molar-refractivity contribution is 0.320. The Morgan fingerprint density at radius 1 is 1.19 bits per heavy atom. The summed E-state index contributed by atoms with van der Waals surface area (Å²) in [4.78, 5) is 5.93. The van der Waals surface area contributed by atoms with Crippen molar-refractivity contribution < 1.29 is 9.13 Å². The zero-order valence-corrected chi connectivity index (χ0v) is 16.6. The van der Waals surface area contributed by atoms with Gasteiger partial charge in [-0.25, -0.2) is 9.37 Å². The fourth-order valence-electron chi connectivity index (χ4n) is 3.84. The second-order valence-corrected chi connectivity index (χ2v) is 8.33. The molecule has 0 saturated carbocycles. The van der Waals surface area contributed by atoms with E-state index in [2.05, 4.69) is 32.0 Å². The molecule has 1 heterocycles. The fourth-order valence-corrected chi connectivity index (χ4v) is 4.80. The van der Waals surface area contributed by atoms with Crippen LogP contribution in [0.2, 0.25) is 0 Å². The molecule has 1 aromatic heterocycles. The molecular weight excluding hydrogens is 357 g/mol. The number of ether oxygens (including phenoxy) is 1. The molecule has 0 radical (unpaired) electrons. The molecule has 1 aliphatic carbocycles. The minimum atomic E-state index is -0.222. The largest absolute Gasteiger partial charge is 0.493 e. The number of hydrogen-bond donors (Lipinski definition) is 0. The number of halogens is 1. The summed E-state index contributed by atoms with van der Waals surface area (Å²) < 4.78 is 19.1. The van der Waals surface area contributed by atoms with Crippen molar-refractivity contribution in [3.05, 3.63) is 70.0 Å². The van der Waals surface area contributed by atoms with Crippen LogP contribution < -0.4 is 4.74 Å². The van der Waals surface area contributed by atoms with Gasteiger partial charge in [0.15, 0.2) is 0 Å². The van der Waals surface area contributed by atoms with Gasteiger partial charge in [-0.2, -0.15) is 0 Å². The molecule has 0 bridgehead atoms. The molecule has 2 nitrogen and oxygen atoms in total. The Morgan fingerprint density at radius 2 is 2.00 bits per heavy atom. The molecule has 4 heteroatoms. The third kappa shape index (κ3) is 3.91. The second kappa shape index (κ2) is 7.81. The maximum absolute atomic E-state index is 13.1. The molecule has 4 rings (SSSR count). The van der Waals surface area contributed by atoms with Crippen LogP contribution in [0.1, 0.15) is 47.4 Å². The second-order valence-electron chi connectivity index (χ2n) is 7.13. The van der Waals surface area contributed by atoms with Crippen molar-refractivity contribution in [1.82, 2.24) is 4.98 Å². The molecule has 0 unspecified atom stereocenters. The number of benzene rings is 2. The van der Waals surface area contributed by atoms with E-state index in [1.165, 1.54) is 41.0 Å². The van der Waals surface area contributed by atoms with Gasteiger partial charge in [-0.05, 0) is 79.6 Å². The number of thiazole rings is 1. The maximum atomic E-state index is 13.1. The van der Waals surface area contributed by atoms with Crippen molar-refractivity contribution in [2.24, 2.45) is 0 Å². The Balaban J connectivity index is 1.39. The van der Waals surface area contributed by atoms with Crippen LogP contribution in [0.25, 0.3) is 10.6 Å². The van der Waals surface area contributed by atoms with Crippen molar-refractivity contribution in [2.75, 3.05) is 6.61 Å². The minimum Gasteiger partial charge on any atom is -0.493 e. The first-order valence-corrected chi connectivity index (χ1v) is 10.4. The molecule has 0 aliphatic heterocycles. The summed E-state index contributed by atoms with van der Waals surface area (Å²) >= 11 is 1.65. The van der Waals surface area contributed by atoms with E-state index in [0.717, 1.165) is 40.8 Å². The monoisotopic (exact) mass is 381 g/mol. The van der Waals surface area contributed by atoms with Gasteiger partial charge in [0.1, 0.15) is 16.6 Å². The number of rotatable bonds is 6. The minimum absolute atomic E-state index is 0.222. The van der Waals surface area contributed by atoms with E-state index in [9.17, 15) is 4.39 Å². The van der Waals surface area contributed by atoms with Crippen molar-refractivity contribution in [2.45, 2.75) is 45.4 Å². The van der Waals surface area contributed by atoms with Gasteiger partial charge < -0.3 is 4.74 Å². The molecule has 0 spiro atoms. The number of fused-ring (bicyclic) bond motifs is 1. The number of aryl methyl sites for hydroxylation is 2. The lowest BCUT2D eigenvalue weighted by atomic mass is 9.99. The molecule has 1 aliphatic rings. The van der Waals surface area contributed by atoms with E-state index in [1.807, 2.05) is 0 Å². The number of hydrogen-bond acceptors (Lipinski definition) is 3. The smallest absolute Gasteiger partial charge is 0.123 e. The Bertz CT molecular complexity index is 932. The van der Waals surface area contributed by atoms with Crippen molar-refractivity contribution in [3.8, 4) is 16.3 Å². The highest BCUT2D eigenvalue weighted by molar-refractivity contribution is 7.15. The van der Waals surface area contributed by atoms with E-state index in [-0.39, 0.29) is 5.82 Å². The summed E-state index contributed by atoms with van der Waals surface area (Å²) in [6.45, 7) is 4.96. The van der Waals surface area contributed by atoms with Gasteiger partial charge in [-0.3, -0.25) is 0 Å². The van der Waals surface area contributed by atoms with Crippen LogP contribution in [0.5, 0.6) is 5.75 Å². The molecule has 0 N–H and O–H groups in total. The van der Waals surface area contributed by atoms with Crippen LogP contribution in [0.3, 0.4) is 0 Å². The third-order valence-corrected chi connectivity index (χ3v) is 6.46. The highest BCUT2D eigenvalue weighted by Gasteiger charge is 2.21. The van der Waals surface area contributed by atoms with Gasteiger partial charge in [0.05, 0.1) is 12.3 Å². The number of aromatic nitrogens is 1. The average Bonchev–Trinajstić information content (AvgIpc) is 3.25. The predicted molar refractivity (Wildman–Crippen MR) is 109 cm³/mol. The fraction of sp³-hybridized carbons (Fsp3) is 0.348. The first-order valence-electron chi connectivity index (χ1n) is 9.62. The standard InChI is InChI=1S/C23H24FNOS/c1-3-16-4-5-18-14-20(10-11-21(16)18)26-13-12-22-15(2)27-23(25-22)17-6-8-19(24)9-7-17/h6-11,14,16H,3-5,12-13H2,1-2H3/t16-/m1/s1. The van der Waals surface area contributed by atoms with E-state index < -0.39 is 0 Å². The van der Waals surface area contributed by atoms with Crippen molar-refractivity contribution >= 4 is 11.3 Å². The third-order valence-electron chi connectivity index (χ3n) is 5.40. The van der Waals surface area contributed by atoms with Crippen LogP contribution >= 0.6 is 11.3 Å². The van der Waals surface area contributed by atoms with Gasteiger partial charge in [0, 0.05) is 16.9 Å². The Morgan fingerprint density at radius 3 is 2.78 bits per heavy atom. The summed E-state index contributed by atoms with van der Waals surface area (Å²) in [6, 6.07) is 13.1. The Kier molecular flexibility index (Phi) is 5.26. The zero-order chi connectivity index (χ0) is 18.8. The molecule has 0 fully saturated rings. The molecule has 27 heavy (non-hydrogen) atoms. The van der Waals surface area contributed by atoms with E-state index in [4.69, 9.17) is 9.72 Å². The normalized spacial score (nSPS) is 15.7. The summed E-state index contributed by atoms with van der Waals surface area (Å²) in [7, 11) is 0. The maximum Gasteiger partial charge on any atom is 0.123 e. The molecule has 1 atom stereocenters. The summed E-state index contributed by atoms with van der Waals surface area (Å²) in [5, 5.41) is 0.936. The highest BCUT2D eigenvalue weighted by atomic mass is 32.1. The molecular formula is C23H24FNOS. The highest BCUT2D eigenvalue weighted by Crippen LogP contribution is 2.37. The van der Waals surface area contributed by atoms with Crippen LogP contribution in [0.4, 0.5) is 4.39 Å². The van der Waals surface area contributed by atoms with Gasteiger partial charge in [-0.15, -0.1) is 11.3 Å². The predicted octanol–water partition coefficient (Wildman–Crippen LogP) is 6.32. The topological polar surface area (TPSA) is 22.1 Å². The van der Waals surface area contributed by atoms with Crippen LogP contribution in [0.15, 0.2) is 42.5 Å². The van der Waals surface area contributed by atoms with Gasteiger partial charge in [-0.1, -0.05) is 13.0 Å². The van der Waals surface area contributed by atoms with Gasteiger partial charge >= 0.3 is 0 Å². The zero-order valence-electron chi connectivity index (χ0n) is 15.8.